The van der Waals surface area contributed by atoms with Crippen molar-refractivity contribution in [1.29, 1.82) is 0 Å². The van der Waals surface area contributed by atoms with E-state index in [-0.39, 0.29) is 28.3 Å². The summed E-state index contributed by atoms with van der Waals surface area (Å²) in [6.45, 7) is -0.456. The first kappa shape index (κ1) is 18.8. The Kier molecular flexibility index (Phi) is 5.86. The number of rotatable bonds is 5. The zero-order chi connectivity index (χ0) is 18.7. The average Bonchev–Trinajstić information content (AvgIpc) is 2.62. The van der Waals surface area contributed by atoms with Gasteiger partial charge in [0.1, 0.15) is 16.7 Å². The number of aliphatic hydroxyl groups is 1. The minimum atomic E-state index is -0.600. The van der Waals surface area contributed by atoms with Crippen molar-refractivity contribution in [3.8, 4) is 0 Å². The van der Waals surface area contributed by atoms with E-state index < -0.39 is 24.1 Å². The van der Waals surface area contributed by atoms with Crippen molar-refractivity contribution in [2.24, 2.45) is 0 Å². The minimum absolute atomic E-state index is 0.0616. The second-order valence-corrected chi connectivity index (χ2v) is 7.01. The zero-order valence-corrected chi connectivity index (χ0v) is 14.9. The summed E-state index contributed by atoms with van der Waals surface area (Å²) in [5.74, 6) is -1.77. The number of nitrogens with zero attached hydrogens (tertiary/aromatic N) is 1. The molecule has 2 nitrogen and oxygen atoms in total. The fraction of sp³-hybridized carbons (Fsp3) is 0.105. The number of hydrogen-bond acceptors (Lipinski definition) is 3. The maximum absolute atomic E-state index is 14.3. The van der Waals surface area contributed by atoms with Gasteiger partial charge in [0.2, 0.25) is 0 Å². The number of hydrogen-bond donors (Lipinski definition) is 1. The van der Waals surface area contributed by atoms with E-state index in [4.69, 9.17) is 11.6 Å². The predicted octanol–water partition coefficient (Wildman–Crippen LogP) is 5.39. The van der Waals surface area contributed by atoms with E-state index in [9.17, 15) is 18.3 Å². The molecule has 1 N–H and O–H groups in total. The fourth-order valence-electron chi connectivity index (χ4n) is 2.38. The van der Waals surface area contributed by atoms with Gasteiger partial charge in [-0.25, -0.2) is 18.2 Å². The van der Waals surface area contributed by atoms with Crippen LogP contribution in [0, 0.1) is 17.5 Å². The predicted molar refractivity (Wildman–Crippen MR) is 94.9 cm³/mol. The van der Waals surface area contributed by atoms with Crippen molar-refractivity contribution in [1.82, 2.24) is 4.98 Å². The highest BCUT2D eigenvalue weighted by atomic mass is 35.5. The molecule has 0 radical (unpaired) electrons. The third-order valence-electron chi connectivity index (χ3n) is 3.68. The molecule has 0 fully saturated rings. The van der Waals surface area contributed by atoms with E-state index in [1.54, 1.807) is 24.3 Å². The largest absolute Gasteiger partial charge is 0.392 e. The van der Waals surface area contributed by atoms with Gasteiger partial charge >= 0.3 is 0 Å². The summed E-state index contributed by atoms with van der Waals surface area (Å²) in [4.78, 5) is 4.96. The first-order chi connectivity index (χ1) is 12.5. The number of pyridine rings is 1. The standard InChI is InChI=1S/C19H13ClF3NOS/c20-13-1-4-15(5-2-13)26-19-17(23)8-12(10-25)18(24-19)9-11-7-14(21)3-6-16(11)22/h1-8,25H,9-10H2. The Balaban J connectivity index is 1.96. The Morgan fingerprint density at radius 3 is 2.35 bits per heavy atom. The molecule has 0 aliphatic carbocycles. The number of aromatic nitrogens is 1. The van der Waals surface area contributed by atoms with E-state index in [0.29, 0.717) is 5.02 Å². The highest BCUT2D eigenvalue weighted by Crippen LogP contribution is 2.31. The third kappa shape index (κ3) is 4.38. The van der Waals surface area contributed by atoms with Crippen molar-refractivity contribution in [3.63, 3.8) is 0 Å². The minimum Gasteiger partial charge on any atom is -0.392 e. The summed E-state index contributed by atoms with van der Waals surface area (Å²) in [6.07, 6.45) is -0.0616. The van der Waals surface area contributed by atoms with Gasteiger partial charge in [0.05, 0.1) is 12.3 Å². The molecule has 3 aromatic rings. The summed E-state index contributed by atoms with van der Waals surface area (Å²) in [6, 6.07) is 11.1. The molecule has 7 heteroatoms. The van der Waals surface area contributed by atoms with Crippen LogP contribution in [0.15, 0.2) is 58.5 Å². The average molecular weight is 396 g/mol. The molecule has 1 heterocycles. The second kappa shape index (κ2) is 8.12. The van der Waals surface area contributed by atoms with Crippen molar-refractivity contribution >= 4 is 23.4 Å². The molecule has 1 aromatic heterocycles. The molecule has 2 aromatic carbocycles. The topological polar surface area (TPSA) is 33.1 Å². The van der Waals surface area contributed by atoms with Crippen molar-refractivity contribution in [2.45, 2.75) is 22.9 Å². The van der Waals surface area contributed by atoms with Crippen LogP contribution in [0.3, 0.4) is 0 Å². The van der Waals surface area contributed by atoms with Crippen molar-refractivity contribution in [2.75, 3.05) is 0 Å². The Labute approximate surface area is 157 Å². The summed E-state index contributed by atoms with van der Waals surface area (Å²) < 4.78 is 41.6. The molecule has 0 spiro atoms. The van der Waals surface area contributed by atoms with Crippen LogP contribution in [-0.4, -0.2) is 10.1 Å². The third-order valence-corrected chi connectivity index (χ3v) is 4.92. The fourth-order valence-corrected chi connectivity index (χ4v) is 3.31. The maximum atomic E-state index is 14.3. The van der Waals surface area contributed by atoms with Crippen LogP contribution in [0.5, 0.6) is 0 Å². The zero-order valence-electron chi connectivity index (χ0n) is 13.3. The Bertz CT molecular complexity index is 935. The number of halogens is 4. The molecular weight excluding hydrogens is 383 g/mol. The Hall–Kier alpha value is -2.02. The highest BCUT2D eigenvalue weighted by molar-refractivity contribution is 7.99. The Morgan fingerprint density at radius 1 is 0.923 bits per heavy atom. The van der Waals surface area contributed by atoms with Gasteiger partial charge in [-0.2, -0.15) is 0 Å². The number of aliphatic hydroxyl groups excluding tert-OH is 1. The lowest BCUT2D eigenvalue weighted by Crippen LogP contribution is -2.04. The molecule has 0 amide bonds. The summed E-state index contributed by atoms with van der Waals surface area (Å²) in [5, 5.41) is 10.1. The van der Waals surface area contributed by atoms with Crippen molar-refractivity contribution in [3.05, 3.63) is 87.8 Å². The molecule has 3 rings (SSSR count). The van der Waals surface area contributed by atoms with Gasteiger partial charge in [0.15, 0.2) is 5.82 Å². The van der Waals surface area contributed by atoms with Crippen LogP contribution in [0.2, 0.25) is 5.02 Å². The van der Waals surface area contributed by atoms with Gasteiger partial charge in [0, 0.05) is 21.9 Å². The van der Waals surface area contributed by atoms with Crippen LogP contribution < -0.4 is 0 Å². The molecule has 134 valence electrons. The van der Waals surface area contributed by atoms with Crippen molar-refractivity contribution < 1.29 is 18.3 Å². The lowest BCUT2D eigenvalue weighted by Gasteiger charge is -2.11. The Morgan fingerprint density at radius 2 is 1.65 bits per heavy atom. The van der Waals surface area contributed by atoms with Crippen LogP contribution in [-0.2, 0) is 13.0 Å². The normalized spacial score (nSPS) is 11.0. The quantitative estimate of drug-likeness (QED) is 0.629. The van der Waals surface area contributed by atoms with Gasteiger partial charge < -0.3 is 5.11 Å². The lowest BCUT2D eigenvalue weighted by molar-refractivity contribution is 0.279. The SMILES string of the molecule is OCc1cc(F)c(Sc2ccc(Cl)cc2)nc1Cc1cc(F)ccc1F. The van der Waals surface area contributed by atoms with Crippen LogP contribution in [0.4, 0.5) is 13.2 Å². The summed E-state index contributed by atoms with van der Waals surface area (Å²) in [7, 11) is 0. The molecule has 0 atom stereocenters. The number of benzene rings is 2. The molecule has 0 aliphatic heterocycles. The van der Waals surface area contributed by atoms with Gasteiger partial charge in [-0.05, 0) is 54.1 Å². The monoisotopic (exact) mass is 395 g/mol. The van der Waals surface area contributed by atoms with E-state index in [1.807, 2.05) is 0 Å². The molecule has 26 heavy (non-hydrogen) atoms. The van der Waals surface area contributed by atoms with E-state index >= 15 is 0 Å². The molecule has 0 bridgehead atoms. The summed E-state index contributed by atoms with van der Waals surface area (Å²) in [5.41, 5.74) is 0.600. The molecule has 0 aliphatic rings. The van der Waals surface area contributed by atoms with E-state index in [2.05, 4.69) is 4.98 Å². The molecule has 0 saturated heterocycles. The molecular formula is C19H13ClF3NOS. The van der Waals surface area contributed by atoms with E-state index in [1.165, 1.54) is 0 Å². The van der Waals surface area contributed by atoms with Gasteiger partial charge in [-0.1, -0.05) is 23.4 Å². The van der Waals surface area contributed by atoms with Crippen LogP contribution in [0.25, 0.3) is 0 Å². The van der Waals surface area contributed by atoms with E-state index in [0.717, 1.165) is 40.9 Å². The van der Waals surface area contributed by atoms with Gasteiger partial charge in [-0.15, -0.1) is 0 Å². The lowest BCUT2D eigenvalue weighted by atomic mass is 10.0. The van der Waals surface area contributed by atoms with Crippen LogP contribution >= 0.6 is 23.4 Å². The smallest absolute Gasteiger partial charge is 0.156 e. The second-order valence-electron chi connectivity index (χ2n) is 5.51. The highest BCUT2D eigenvalue weighted by Gasteiger charge is 2.15. The molecule has 0 saturated carbocycles. The molecule has 0 unspecified atom stereocenters. The first-order valence-electron chi connectivity index (χ1n) is 7.63. The maximum Gasteiger partial charge on any atom is 0.156 e. The van der Waals surface area contributed by atoms with Gasteiger partial charge in [0.25, 0.3) is 0 Å². The first-order valence-corrected chi connectivity index (χ1v) is 8.82. The summed E-state index contributed by atoms with van der Waals surface area (Å²) >= 11 is 6.92. The van der Waals surface area contributed by atoms with Gasteiger partial charge in [-0.3, -0.25) is 0 Å². The van der Waals surface area contributed by atoms with Crippen LogP contribution in [0.1, 0.15) is 16.8 Å².